The van der Waals surface area contributed by atoms with E-state index < -0.39 is 10.9 Å². The molecule has 0 radical (unpaired) electrons. The summed E-state index contributed by atoms with van der Waals surface area (Å²) in [6.07, 6.45) is 0.663. The Morgan fingerprint density at radius 2 is 1.71 bits per heavy atom. The van der Waals surface area contributed by atoms with Gasteiger partial charge in [-0.25, -0.2) is 0 Å². The minimum absolute atomic E-state index is 0.0258. The zero-order valence-electron chi connectivity index (χ0n) is 16.4. The van der Waals surface area contributed by atoms with Gasteiger partial charge in [0.2, 0.25) is 5.91 Å². The van der Waals surface area contributed by atoms with Crippen LogP contribution >= 0.6 is 0 Å². The molecule has 1 heterocycles. The van der Waals surface area contributed by atoms with Crippen LogP contribution in [0.5, 0.6) is 11.5 Å². The lowest BCUT2D eigenvalue weighted by atomic mass is 10.1. The molecule has 28 heavy (non-hydrogen) atoms. The van der Waals surface area contributed by atoms with Gasteiger partial charge in [-0.15, -0.1) is 0 Å². The van der Waals surface area contributed by atoms with Crippen molar-refractivity contribution in [3.05, 3.63) is 44.2 Å². The highest BCUT2D eigenvalue weighted by molar-refractivity contribution is 5.77. The van der Waals surface area contributed by atoms with Crippen molar-refractivity contribution in [2.75, 3.05) is 57.2 Å². The molecule has 0 spiro atoms. The average molecular weight is 387 g/mol. The molecule has 1 fully saturated rings. The quantitative estimate of drug-likeness (QED) is 0.697. The second-order valence-electron chi connectivity index (χ2n) is 6.74. The molecular formula is C20H25N3O5. The predicted molar refractivity (Wildman–Crippen MR) is 108 cm³/mol. The zero-order valence-corrected chi connectivity index (χ0v) is 16.4. The number of nitrogens with one attached hydrogen (secondary N) is 1. The summed E-state index contributed by atoms with van der Waals surface area (Å²) in [7, 11) is 3.17. The first-order chi connectivity index (χ1) is 13.5. The average Bonchev–Trinajstić information content (AvgIpc) is 2.72. The lowest BCUT2D eigenvalue weighted by Crippen LogP contribution is -2.52. The third-order valence-corrected chi connectivity index (χ3v) is 5.09. The Balaban J connectivity index is 1.62. The summed E-state index contributed by atoms with van der Waals surface area (Å²) >= 11 is 0. The number of piperazine rings is 1. The molecule has 8 nitrogen and oxygen atoms in total. The standard InChI is InChI=1S/C20H25N3O5/c1-13(24)22-8-10-23(11-9-22)18-17(19(25)20(18)26)21-7-6-14-4-5-15(27-2)16(12-14)28-3/h4-5,12,21H,6-11H2,1-3H3. The van der Waals surface area contributed by atoms with E-state index in [4.69, 9.17) is 9.47 Å². The largest absolute Gasteiger partial charge is 0.493 e. The summed E-state index contributed by atoms with van der Waals surface area (Å²) in [5.74, 6) is 1.34. The van der Waals surface area contributed by atoms with E-state index in [0.717, 1.165) is 5.56 Å². The first-order valence-corrected chi connectivity index (χ1v) is 9.24. The molecule has 0 atom stereocenters. The van der Waals surface area contributed by atoms with Crippen molar-refractivity contribution in [1.29, 1.82) is 0 Å². The van der Waals surface area contributed by atoms with Gasteiger partial charge < -0.3 is 24.6 Å². The van der Waals surface area contributed by atoms with Crippen molar-refractivity contribution in [2.24, 2.45) is 0 Å². The second-order valence-corrected chi connectivity index (χ2v) is 6.74. The van der Waals surface area contributed by atoms with E-state index in [-0.39, 0.29) is 5.91 Å². The Labute approximate surface area is 163 Å². The molecule has 1 aliphatic rings. The van der Waals surface area contributed by atoms with E-state index in [2.05, 4.69) is 5.32 Å². The van der Waals surface area contributed by atoms with Crippen LogP contribution in [0.4, 0.5) is 11.4 Å². The normalized spacial score (nSPS) is 14.2. The van der Waals surface area contributed by atoms with Crippen LogP contribution in [0.1, 0.15) is 12.5 Å². The van der Waals surface area contributed by atoms with Gasteiger partial charge in [0.1, 0.15) is 11.4 Å². The van der Waals surface area contributed by atoms with Crippen molar-refractivity contribution in [2.45, 2.75) is 13.3 Å². The Kier molecular flexibility index (Phi) is 5.87. The molecule has 0 unspecified atom stereocenters. The van der Waals surface area contributed by atoms with Crippen molar-refractivity contribution in [1.82, 2.24) is 4.90 Å². The second kappa shape index (κ2) is 8.33. The molecule has 2 aromatic rings. The van der Waals surface area contributed by atoms with Crippen LogP contribution in [0, 0.1) is 0 Å². The number of nitrogens with zero attached hydrogens (tertiary/aromatic N) is 2. The highest BCUT2D eigenvalue weighted by Gasteiger charge is 2.28. The number of ether oxygens (including phenoxy) is 2. The molecule has 0 aromatic heterocycles. The fraction of sp³-hybridized carbons (Fsp3) is 0.450. The monoisotopic (exact) mass is 387 g/mol. The van der Waals surface area contributed by atoms with Gasteiger partial charge in [0.25, 0.3) is 10.9 Å². The van der Waals surface area contributed by atoms with Gasteiger partial charge in [0.05, 0.1) is 14.2 Å². The van der Waals surface area contributed by atoms with Crippen molar-refractivity contribution in [3.8, 4) is 11.5 Å². The number of carbonyl (C=O) groups excluding carboxylic acids is 1. The molecule has 1 saturated heterocycles. The van der Waals surface area contributed by atoms with Gasteiger partial charge in [0.15, 0.2) is 11.5 Å². The smallest absolute Gasteiger partial charge is 0.253 e. The van der Waals surface area contributed by atoms with Crippen molar-refractivity contribution in [3.63, 3.8) is 0 Å². The summed E-state index contributed by atoms with van der Waals surface area (Å²) in [5, 5.41) is 3.11. The van der Waals surface area contributed by atoms with Gasteiger partial charge in [-0.2, -0.15) is 0 Å². The number of methoxy groups -OCH3 is 2. The van der Waals surface area contributed by atoms with Crippen LogP contribution in [-0.4, -0.2) is 57.8 Å². The Bertz CT molecular complexity index is 925. The fourth-order valence-electron chi connectivity index (χ4n) is 3.46. The molecule has 0 aliphatic carbocycles. The van der Waals surface area contributed by atoms with Gasteiger partial charge >= 0.3 is 0 Å². The Hall–Kier alpha value is -3.03. The number of carbonyl (C=O) groups is 1. The van der Waals surface area contributed by atoms with Gasteiger partial charge in [0, 0.05) is 39.6 Å². The third-order valence-electron chi connectivity index (χ3n) is 5.09. The van der Waals surface area contributed by atoms with Gasteiger partial charge in [-0.1, -0.05) is 6.07 Å². The zero-order chi connectivity index (χ0) is 20.3. The minimum Gasteiger partial charge on any atom is -0.493 e. The summed E-state index contributed by atoms with van der Waals surface area (Å²) < 4.78 is 10.5. The van der Waals surface area contributed by atoms with Gasteiger partial charge in [-0.3, -0.25) is 14.4 Å². The number of hydrogen-bond donors (Lipinski definition) is 1. The topological polar surface area (TPSA) is 88.2 Å². The maximum atomic E-state index is 12.1. The SMILES string of the molecule is COc1ccc(CCNc2c(N3CCN(C(C)=O)CC3)c(=O)c2=O)cc1OC. The molecule has 1 aliphatic heterocycles. The minimum atomic E-state index is -0.476. The maximum Gasteiger partial charge on any atom is 0.253 e. The molecule has 8 heteroatoms. The molecule has 3 rings (SSSR count). The summed E-state index contributed by atoms with van der Waals surface area (Å²) in [6.45, 7) is 4.26. The summed E-state index contributed by atoms with van der Waals surface area (Å²) in [6, 6.07) is 5.67. The highest BCUT2D eigenvalue weighted by Crippen LogP contribution is 2.28. The number of anilines is 2. The lowest BCUT2D eigenvalue weighted by molar-refractivity contribution is -0.129. The number of benzene rings is 1. The van der Waals surface area contributed by atoms with Crippen molar-refractivity contribution < 1.29 is 14.3 Å². The first kappa shape index (κ1) is 19.7. The highest BCUT2D eigenvalue weighted by atomic mass is 16.5. The molecule has 0 bridgehead atoms. The number of rotatable bonds is 7. The number of hydrogen-bond acceptors (Lipinski definition) is 7. The summed E-state index contributed by atoms with van der Waals surface area (Å²) in [5.41, 5.74) is 0.920. The van der Waals surface area contributed by atoms with E-state index in [1.165, 1.54) is 6.92 Å². The first-order valence-electron chi connectivity index (χ1n) is 9.24. The summed E-state index contributed by atoms with van der Waals surface area (Å²) in [4.78, 5) is 39.2. The van der Waals surface area contributed by atoms with Crippen LogP contribution < -0.4 is 30.5 Å². The fourth-order valence-corrected chi connectivity index (χ4v) is 3.46. The van der Waals surface area contributed by atoms with Gasteiger partial charge in [-0.05, 0) is 24.1 Å². The van der Waals surface area contributed by atoms with E-state index >= 15 is 0 Å². The Morgan fingerprint density at radius 3 is 2.32 bits per heavy atom. The lowest BCUT2D eigenvalue weighted by Gasteiger charge is -2.36. The number of amides is 1. The predicted octanol–water partition coefficient (Wildman–Crippen LogP) is 0.623. The van der Waals surface area contributed by atoms with E-state index in [9.17, 15) is 14.4 Å². The van der Waals surface area contributed by atoms with Crippen LogP contribution in [0.15, 0.2) is 27.8 Å². The molecule has 1 N–H and O–H groups in total. The van der Waals surface area contributed by atoms with Crippen LogP contribution in [-0.2, 0) is 11.2 Å². The van der Waals surface area contributed by atoms with Crippen LogP contribution in [0.2, 0.25) is 0 Å². The maximum absolute atomic E-state index is 12.1. The van der Waals surface area contributed by atoms with Crippen molar-refractivity contribution >= 4 is 17.3 Å². The molecule has 0 saturated carbocycles. The van der Waals surface area contributed by atoms with Crippen LogP contribution in [0.25, 0.3) is 0 Å². The molecule has 1 amide bonds. The Morgan fingerprint density at radius 1 is 1.04 bits per heavy atom. The van der Waals surface area contributed by atoms with E-state index in [1.807, 2.05) is 23.1 Å². The molecule has 150 valence electrons. The molecule has 2 aromatic carbocycles. The third kappa shape index (κ3) is 3.81. The van der Waals surface area contributed by atoms with E-state index in [0.29, 0.717) is 62.0 Å². The molecular weight excluding hydrogens is 362 g/mol. The van der Waals surface area contributed by atoms with E-state index in [1.54, 1.807) is 19.1 Å². The van der Waals surface area contributed by atoms with Crippen LogP contribution in [0.3, 0.4) is 0 Å².